The first-order chi connectivity index (χ1) is 12.6. The first-order valence-corrected chi connectivity index (χ1v) is 9.32. The molecule has 1 saturated heterocycles. The predicted molar refractivity (Wildman–Crippen MR) is 101 cm³/mol. The number of hydrogen-bond acceptors (Lipinski definition) is 4. The van der Waals surface area contributed by atoms with E-state index < -0.39 is 0 Å². The fraction of sp³-hybridized carbons (Fsp3) is 0.500. The van der Waals surface area contributed by atoms with E-state index in [-0.39, 0.29) is 11.9 Å². The Morgan fingerprint density at radius 2 is 2.27 bits per heavy atom. The van der Waals surface area contributed by atoms with E-state index >= 15 is 0 Å². The molecule has 1 unspecified atom stereocenters. The molecule has 0 spiro atoms. The number of amides is 1. The summed E-state index contributed by atoms with van der Waals surface area (Å²) in [5, 5.41) is 3.37. The smallest absolute Gasteiger partial charge is 0.223 e. The molecule has 6 heteroatoms. The molecule has 26 heavy (non-hydrogen) atoms. The molecule has 1 aromatic heterocycles. The molecule has 1 fully saturated rings. The first kappa shape index (κ1) is 18.5. The fourth-order valence-corrected chi connectivity index (χ4v) is 3.35. The number of hydrogen-bond donors (Lipinski definition) is 1. The zero-order valence-electron chi connectivity index (χ0n) is 15.6. The summed E-state index contributed by atoms with van der Waals surface area (Å²) in [7, 11) is 1.97. The molecule has 140 valence electrons. The van der Waals surface area contributed by atoms with Crippen LogP contribution >= 0.6 is 0 Å². The summed E-state index contributed by atoms with van der Waals surface area (Å²) >= 11 is 0. The van der Waals surface area contributed by atoms with Gasteiger partial charge in [-0.25, -0.2) is 4.98 Å². The van der Waals surface area contributed by atoms with Crippen molar-refractivity contribution in [3.63, 3.8) is 0 Å². The minimum absolute atomic E-state index is 0.0137. The van der Waals surface area contributed by atoms with Crippen molar-refractivity contribution in [2.45, 2.75) is 32.2 Å². The summed E-state index contributed by atoms with van der Waals surface area (Å²) in [5.41, 5.74) is 1.19. The minimum atomic E-state index is 0.0137. The van der Waals surface area contributed by atoms with E-state index in [1.165, 1.54) is 5.56 Å². The van der Waals surface area contributed by atoms with Crippen LogP contribution in [0.3, 0.4) is 0 Å². The topological polar surface area (TPSA) is 59.4 Å². The van der Waals surface area contributed by atoms with Gasteiger partial charge in [-0.1, -0.05) is 12.1 Å². The largest absolute Gasteiger partial charge is 0.494 e. The molecule has 2 heterocycles. The molecule has 0 bridgehead atoms. The van der Waals surface area contributed by atoms with Gasteiger partial charge in [-0.3, -0.25) is 4.79 Å². The second-order valence-electron chi connectivity index (χ2n) is 6.83. The number of nitrogens with zero attached hydrogens (tertiary/aromatic N) is 3. The Labute approximate surface area is 155 Å². The molecule has 0 aliphatic carbocycles. The molecule has 2 aromatic rings. The molecule has 1 amide bonds. The number of ether oxygens (including phenoxy) is 1. The number of aromatic nitrogens is 2. The van der Waals surface area contributed by atoms with Crippen molar-refractivity contribution in [2.75, 3.05) is 26.2 Å². The van der Waals surface area contributed by atoms with Gasteiger partial charge in [-0.05, 0) is 37.5 Å². The Hall–Kier alpha value is -2.34. The lowest BCUT2D eigenvalue weighted by Gasteiger charge is -2.35. The maximum absolute atomic E-state index is 12.7. The molecule has 1 N–H and O–H groups in total. The average molecular weight is 356 g/mol. The molecule has 3 rings (SSSR count). The molecule has 1 atom stereocenters. The van der Waals surface area contributed by atoms with Gasteiger partial charge >= 0.3 is 0 Å². The number of benzene rings is 1. The van der Waals surface area contributed by atoms with Gasteiger partial charge < -0.3 is 19.5 Å². The van der Waals surface area contributed by atoms with E-state index in [9.17, 15) is 4.79 Å². The summed E-state index contributed by atoms with van der Waals surface area (Å²) in [4.78, 5) is 19.1. The van der Waals surface area contributed by atoms with Crippen molar-refractivity contribution in [3.8, 4) is 5.75 Å². The Morgan fingerprint density at radius 3 is 3.04 bits per heavy atom. The fourth-order valence-electron chi connectivity index (χ4n) is 3.35. The van der Waals surface area contributed by atoms with Crippen molar-refractivity contribution >= 4 is 5.91 Å². The third-order valence-corrected chi connectivity index (χ3v) is 4.76. The lowest BCUT2D eigenvalue weighted by Crippen LogP contribution is -2.49. The van der Waals surface area contributed by atoms with E-state index in [0.717, 1.165) is 44.0 Å². The molecule has 0 saturated carbocycles. The highest BCUT2D eigenvalue weighted by atomic mass is 16.5. The molecule has 1 aliphatic heterocycles. The number of rotatable bonds is 7. The Bertz CT molecular complexity index is 728. The number of carbonyl (C=O) groups excluding carboxylic acids is 1. The average Bonchev–Trinajstić information content (AvgIpc) is 3.07. The van der Waals surface area contributed by atoms with Gasteiger partial charge in [0.1, 0.15) is 17.6 Å². The highest BCUT2D eigenvalue weighted by Crippen LogP contribution is 2.22. The molecule has 0 radical (unpaired) electrons. The highest BCUT2D eigenvalue weighted by Gasteiger charge is 2.29. The number of imidazole rings is 1. The maximum atomic E-state index is 12.7. The van der Waals surface area contributed by atoms with E-state index in [1.54, 1.807) is 6.20 Å². The third-order valence-electron chi connectivity index (χ3n) is 4.76. The summed E-state index contributed by atoms with van der Waals surface area (Å²) in [6.07, 6.45) is 5.98. The molecule has 1 aliphatic rings. The Balaban J connectivity index is 1.45. The van der Waals surface area contributed by atoms with Crippen LogP contribution in [0.5, 0.6) is 5.75 Å². The van der Waals surface area contributed by atoms with Gasteiger partial charge in [-0.2, -0.15) is 0 Å². The zero-order valence-corrected chi connectivity index (χ0v) is 15.6. The summed E-state index contributed by atoms with van der Waals surface area (Å²) in [6, 6.07) is 8.06. The Kier molecular flexibility index (Phi) is 6.28. The van der Waals surface area contributed by atoms with Crippen LogP contribution in [0.4, 0.5) is 0 Å². The SMILES string of the molecule is Cc1cccc(OCCCCC(=O)N2CCNCC2c2nccn2C)c1. The maximum Gasteiger partial charge on any atom is 0.223 e. The lowest BCUT2D eigenvalue weighted by molar-refractivity contribution is -0.134. The number of unbranched alkanes of at least 4 members (excludes halogenated alkanes) is 1. The van der Waals surface area contributed by atoms with E-state index in [1.807, 2.05) is 40.9 Å². The van der Waals surface area contributed by atoms with Gasteiger partial charge in [0.2, 0.25) is 5.91 Å². The van der Waals surface area contributed by atoms with Crippen molar-refractivity contribution in [2.24, 2.45) is 7.05 Å². The lowest BCUT2D eigenvalue weighted by atomic mass is 10.1. The van der Waals surface area contributed by atoms with Gasteiger partial charge in [0, 0.05) is 45.5 Å². The van der Waals surface area contributed by atoms with Crippen molar-refractivity contribution < 1.29 is 9.53 Å². The van der Waals surface area contributed by atoms with E-state index in [4.69, 9.17) is 4.74 Å². The van der Waals surface area contributed by atoms with Crippen LogP contribution in [0.1, 0.15) is 36.7 Å². The first-order valence-electron chi connectivity index (χ1n) is 9.32. The second-order valence-corrected chi connectivity index (χ2v) is 6.83. The number of piperazine rings is 1. The number of aryl methyl sites for hydroxylation is 2. The van der Waals surface area contributed by atoms with Crippen LogP contribution in [0.2, 0.25) is 0 Å². The molecule has 6 nitrogen and oxygen atoms in total. The van der Waals surface area contributed by atoms with Crippen LogP contribution in [-0.2, 0) is 11.8 Å². The standard InChI is InChI=1S/C20H28N4O2/c1-16-6-5-7-17(14-16)26-13-4-3-8-19(25)24-12-9-21-15-18(24)20-22-10-11-23(20)2/h5-7,10-11,14,18,21H,3-4,8-9,12-13,15H2,1-2H3. The quantitative estimate of drug-likeness (QED) is 0.774. The van der Waals surface area contributed by atoms with Gasteiger partial charge in [0.15, 0.2) is 0 Å². The van der Waals surface area contributed by atoms with Crippen LogP contribution in [0.25, 0.3) is 0 Å². The van der Waals surface area contributed by atoms with Crippen molar-refractivity contribution in [1.29, 1.82) is 0 Å². The molecular weight excluding hydrogens is 328 g/mol. The van der Waals surface area contributed by atoms with Gasteiger partial charge in [0.25, 0.3) is 0 Å². The van der Waals surface area contributed by atoms with Gasteiger partial charge in [-0.15, -0.1) is 0 Å². The normalized spacial score (nSPS) is 17.3. The Morgan fingerprint density at radius 1 is 1.38 bits per heavy atom. The van der Waals surface area contributed by atoms with Crippen LogP contribution in [0, 0.1) is 6.92 Å². The molecular formula is C20H28N4O2. The number of nitrogens with one attached hydrogen (secondary N) is 1. The van der Waals surface area contributed by atoms with Crippen LogP contribution in [0.15, 0.2) is 36.7 Å². The minimum Gasteiger partial charge on any atom is -0.494 e. The van der Waals surface area contributed by atoms with Crippen molar-refractivity contribution in [3.05, 3.63) is 48.0 Å². The monoisotopic (exact) mass is 356 g/mol. The zero-order chi connectivity index (χ0) is 18.4. The summed E-state index contributed by atoms with van der Waals surface area (Å²) < 4.78 is 7.76. The van der Waals surface area contributed by atoms with Crippen molar-refractivity contribution in [1.82, 2.24) is 19.8 Å². The highest BCUT2D eigenvalue weighted by molar-refractivity contribution is 5.76. The van der Waals surface area contributed by atoms with Crippen LogP contribution in [-0.4, -0.2) is 46.6 Å². The van der Waals surface area contributed by atoms with E-state index in [0.29, 0.717) is 13.0 Å². The number of carbonyl (C=O) groups is 1. The third kappa shape index (κ3) is 4.64. The second kappa shape index (κ2) is 8.85. The summed E-state index contributed by atoms with van der Waals surface area (Å²) in [5.74, 6) is 2.04. The van der Waals surface area contributed by atoms with E-state index in [2.05, 4.69) is 23.3 Å². The van der Waals surface area contributed by atoms with Gasteiger partial charge in [0.05, 0.1) is 6.61 Å². The summed E-state index contributed by atoms with van der Waals surface area (Å²) in [6.45, 7) is 5.02. The predicted octanol–water partition coefficient (Wildman–Crippen LogP) is 2.45. The molecule has 1 aromatic carbocycles. The van der Waals surface area contributed by atoms with Crippen LogP contribution < -0.4 is 10.1 Å².